The number of ketones is 1. The van der Waals surface area contributed by atoms with Crippen LogP contribution in [0.4, 0.5) is 0 Å². The summed E-state index contributed by atoms with van der Waals surface area (Å²) in [5, 5.41) is 30.8. The first kappa shape index (κ1) is 38.8. The number of carboxylic acids is 1. The number of Topliss-reactive ketones (excluding diaryl/α,β-unsaturated/α-hetero) is 1. The van der Waals surface area contributed by atoms with E-state index in [1.807, 2.05) is 0 Å². The zero-order valence-corrected chi connectivity index (χ0v) is 25.8. The highest BCUT2D eigenvalue weighted by molar-refractivity contribution is 8.00. The first-order valence-corrected chi connectivity index (χ1v) is 15.0. The molecule has 4 unspecified atom stereocenters. The number of nitrogens with two attached hydrogens (primary N) is 1. The van der Waals surface area contributed by atoms with Crippen LogP contribution in [0.5, 0.6) is 11.5 Å². The van der Waals surface area contributed by atoms with E-state index in [2.05, 4.69) is 17.6 Å². The molecule has 0 aromatic heterocycles. The van der Waals surface area contributed by atoms with Crippen LogP contribution in [0, 0.1) is 0 Å². The van der Waals surface area contributed by atoms with E-state index in [4.69, 9.17) is 15.6 Å². The maximum atomic E-state index is 12.9. The molecule has 0 saturated heterocycles. The summed E-state index contributed by atoms with van der Waals surface area (Å²) in [4.78, 5) is 60.2. The van der Waals surface area contributed by atoms with Crippen LogP contribution in [0.1, 0.15) is 70.8 Å². The zero-order valence-electron chi connectivity index (χ0n) is 25.0. The SMILES string of the molecule is CCCCCC(CC(=O)CCc1ccc(O)c(OC)c1)SCC(NC(=O)C(N)CCC=O)C(=O)NC(C)C(=O)O.CO. The van der Waals surface area contributed by atoms with E-state index >= 15 is 0 Å². The fourth-order valence-electron chi connectivity index (χ4n) is 3.83. The van der Waals surface area contributed by atoms with Gasteiger partial charge in [-0.2, -0.15) is 11.8 Å². The van der Waals surface area contributed by atoms with Crippen LogP contribution in [0.25, 0.3) is 0 Å². The number of ether oxygens (including phenoxy) is 1. The Morgan fingerprint density at radius 2 is 1.79 bits per heavy atom. The highest BCUT2D eigenvalue weighted by Crippen LogP contribution is 2.27. The van der Waals surface area contributed by atoms with Crippen molar-refractivity contribution >= 4 is 41.6 Å². The van der Waals surface area contributed by atoms with Crippen molar-refractivity contribution in [3.8, 4) is 11.5 Å². The van der Waals surface area contributed by atoms with E-state index in [-0.39, 0.29) is 41.8 Å². The van der Waals surface area contributed by atoms with Gasteiger partial charge in [0.2, 0.25) is 11.8 Å². The van der Waals surface area contributed by atoms with Crippen molar-refractivity contribution in [2.24, 2.45) is 5.73 Å². The van der Waals surface area contributed by atoms with Gasteiger partial charge < -0.3 is 41.2 Å². The maximum Gasteiger partial charge on any atom is 0.325 e. The van der Waals surface area contributed by atoms with Gasteiger partial charge in [-0.1, -0.05) is 32.3 Å². The monoisotopic (exact) mass is 613 g/mol. The van der Waals surface area contributed by atoms with Gasteiger partial charge in [0.1, 0.15) is 24.2 Å². The van der Waals surface area contributed by atoms with Crippen molar-refractivity contribution in [3.63, 3.8) is 0 Å². The van der Waals surface area contributed by atoms with Crippen LogP contribution in [-0.2, 0) is 30.4 Å². The molecular formula is C29H47N3O9S. The predicted molar refractivity (Wildman–Crippen MR) is 162 cm³/mol. The fraction of sp³-hybridized carbons (Fsp3) is 0.621. The lowest BCUT2D eigenvalue weighted by molar-refractivity contribution is -0.141. The minimum Gasteiger partial charge on any atom is -0.504 e. The number of rotatable bonds is 21. The molecule has 0 spiro atoms. The summed E-state index contributed by atoms with van der Waals surface area (Å²) in [7, 11) is 2.46. The Hall–Kier alpha value is -3.16. The Labute approximate surface area is 252 Å². The van der Waals surface area contributed by atoms with Crippen LogP contribution in [0.15, 0.2) is 18.2 Å². The number of methoxy groups -OCH3 is 1. The number of carbonyl (C=O) groups is 5. The average Bonchev–Trinajstić information content (AvgIpc) is 2.97. The molecule has 0 bridgehead atoms. The summed E-state index contributed by atoms with van der Waals surface area (Å²) < 4.78 is 5.13. The number of amides is 2. The number of carboxylic acid groups (broad SMARTS) is 1. The molecule has 1 aromatic carbocycles. The Morgan fingerprint density at radius 1 is 1.10 bits per heavy atom. The number of carbonyl (C=O) groups excluding carboxylic acids is 4. The molecule has 13 heteroatoms. The third-order valence-electron chi connectivity index (χ3n) is 6.31. The second-order valence-electron chi connectivity index (χ2n) is 9.68. The molecule has 238 valence electrons. The third kappa shape index (κ3) is 15.7. The smallest absolute Gasteiger partial charge is 0.325 e. The molecule has 12 nitrogen and oxygen atoms in total. The number of hydrogen-bond donors (Lipinski definition) is 6. The number of phenolic OH excluding ortho intramolecular Hbond substituents is 1. The summed E-state index contributed by atoms with van der Waals surface area (Å²) >= 11 is 1.38. The first-order valence-electron chi connectivity index (χ1n) is 14.0. The van der Waals surface area contributed by atoms with Crippen LogP contribution >= 0.6 is 11.8 Å². The number of benzene rings is 1. The molecular weight excluding hydrogens is 566 g/mol. The quantitative estimate of drug-likeness (QED) is 0.0873. The molecule has 0 saturated carbocycles. The molecule has 4 atom stereocenters. The summed E-state index contributed by atoms with van der Waals surface area (Å²) in [5.41, 5.74) is 6.70. The third-order valence-corrected chi connectivity index (χ3v) is 7.71. The molecule has 0 aliphatic carbocycles. The molecule has 2 amide bonds. The number of thioether (sulfide) groups is 1. The Bertz CT molecular complexity index is 993. The van der Waals surface area contributed by atoms with Gasteiger partial charge in [-0.25, -0.2) is 0 Å². The summed E-state index contributed by atoms with van der Waals surface area (Å²) in [6.45, 7) is 3.39. The normalized spacial score (nSPS) is 13.4. The Kier molecular flexibility index (Phi) is 20.8. The van der Waals surface area contributed by atoms with E-state index in [0.717, 1.165) is 38.4 Å². The van der Waals surface area contributed by atoms with Gasteiger partial charge in [0.15, 0.2) is 11.5 Å². The number of hydrogen-bond acceptors (Lipinski definition) is 10. The Morgan fingerprint density at radius 3 is 2.38 bits per heavy atom. The largest absolute Gasteiger partial charge is 0.504 e. The van der Waals surface area contributed by atoms with Crippen molar-refractivity contribution in [3.05, 3.63) is 23.8 Å². The molecule has 0 aliphatic heterocycles. The van der Waals surface area contributed by atoms with Crippen molar-refractivity contribution in [2.45, 2.75) is 95.0 Å². The number of phenols is 1. The molecule has 1 rings (SSSR count). The van der Waals surface area contributed by atoms with Crippen LogP contribution < -0.4 is 21.1 Å². The topological polar surface area (TPSA) is 205 Å². The van der Waals surface area contributed by atoms with E-state index < -0.39 is 35.9 Å². The number of unbranched alkanes of at least 4 members (excludes halogenated alkanes) is 2. The first-order chi connectivity index (χ1) is 20.0. The summed E-state index contributed by atoms with van der Waals surface area (Å²) in [6, 6.07) is 1.72. The van der Waals surface area contributed by atoms with Gasteiger partial charge in [0, 0.05) is 37.4 Å². The van der Waals surface area contributed by atoms with E-state index in [0.29, 0.717) is 24.9 Å². The lowest BCUT2D eigenvalue weighted by Gasteiger charge is -2.24. The molecule has 0 heterocycles. The highest BCUT2D eigenvalue weighted by atomic mass is 32.2. The molecule has 1 aromatic rings. The van der Waals surface area contributed by atoms with Crippen LogP contribution in [0.2, 0.25) is 0 Å². The molecule has 7 N–H and O–H groups in total. The number of aryl methyl sites for hydroxylation is 1. The number of aldehydes is 1. The second-order valence-corrected chi connectivity index (χ2v) is 11.0. The van der Waals surface area contributed by atoms with E-state index in [1.54, 1.807) is 12.1 Å². The van der Waals surface area contributed by atoms with Crippen molar-refractivity contribution in [1.29, 1.82) is 0 Å². The minimum absolute atomic E-state index is 0.0260. The Balaban J connectivity index is 0.00000821. The lowest BCUT2D eigenvalue weighted by Crippen LogP contribution is -2.55. The molecule has 0 radical (unpaired) electrons. The van der Waals surface area contributed by atoms with Crippen molar-refractivity contribution < 1.29 is 44.0 Å². The highest BCUT2D eigenvalue weighted by Gasteiger charge is 2.27. The second kappa shape index (κ2) is 22.4. The van der Waals surface area contributed by atoms with Crippen LogP contribution in [0.3, 0.4) is 0 Å². The standard InChI is InChI=1S/C28H43N3O8S.CH4O/c1-4-5-6-8-21(16-20(33)12-10-19-11-13-24(34)25(15-19)39-3)40-17-23(27(36)30-18(2)28(37)38)31-26(35)22(29)9-7-14-32;1-2/h11,13-15,18,21-23,34H,4-10,12,16-17,29H2,1-3H3,(H,30,36)(H,31,35)(H,37,38);2H,1H3. The van der Waals surface area contributed by atoms with Crippen molar-refractivity contribution in [1.82, 2.24) is 10.6 Å². The van der Waals surface area contributed by atoms with Crippen LogP contribution in [-0.4, -0.2) is 88.5 Å². The zero-order chi connectivity index (χ0) is 32.1. The summed E-state index contributed by atoms with van der Waals surface area (Å²) in [5.74, 6) is -1.98. The fourth-order valence-corrected chi connectivity index (χ4v) is 5.17. The van der Waals surface area contributed by atoms with Gasteiger partial charge in [-0.15, -0.1) is 0 Å². The maximum absolute atomic E-state index is 12.9. The number of nitrogens with one attached hydrogen (secondary N) is 2. The van der Waals surface area contributed by atoms with E-state index in [9.17, 15) is 34.2 Å². The van der Waals surface area contributed by atoms with Gasteiger partial charge in [0.25, 0.3) is 0 Å². The van der Waals surface area contributed by atoms with Crippen molar-refractivity contribution in [2.75, 3.05) is 20.0 Å². The predicted octanol–water partition coefficient (Wildman–Crippen LogP) is 1.96. The lowest BCUT2D eigenvalue weighted by atomic mass is 10.0. The molecule has 42 heavy (non-hydrogen) atoms. The summed E-state index contributed by atoms with van der Waals surface area (Å²) in [6.07, 6.45) is 5.53. The molecule has 0 aliphatic rings. The molecule has 0 fully saturated rings. The van der Waals surface area contributed by atoms with Gasteiger partial charge in [-0.05, 0) is 43.9 Å². The number of aliphatic carboxylic acids is 1. The van der Waals surface area contributed by atoms with Gasteiger partial charge in [-0.3, -0.25) is 19.2 Å². The minimum atomic E-state index is -1.22. The number of aromatic hydroxyl groups is 1. The number of aliphatic hydroxyl groups is 1. The average molecular weight is 614 g/mol. The van der Waals surface area contributed by atoms with Gasteiger partial charge in [0.05, 0.1) is 13.2 Å². The van der Waals surface area contributed by atoms with Gasteiger partial charge >= 0.3 is 5.97 Å². The van der Waals surface area contributed by atoms with E-state index in [1.165, 1.54) is 31.9 Å². The number of aliphatic hydroxyl groups excluding tert-OH is 1.